The second-order valence-corrected chi connectivity index (χ2v) is 3.39. The number of aliphatic hydroxyl groups excluding tert-OH is 1. The number of pyridine rings is 1. The minimum Gasteiger partial charge on any atom is -0.495 e. The number of aliphatic hydroxyl groups is 1. The summed E-state index contributed by atoms with van der Waals surface area (Å²) in [4.78, 5) is 3.96. The summed E-state index contributed by atoms with van der Waals surface area (Å²) >= 11 is 0. The summed E-state index contributed by atoms with van der Waals surface area (Å²) in [5, 5.41) is 20.4. The number of hydrogen-bond acceptors (Lipinski definition) is 5. The Balaban J connectivity index is 1.90. The summed E-state index contributed by atoms with van der Waals surface area (Å²) in [6, 6.07) is 1.84. The van der Waals surface area contributed by atoms with Gasteiger partial charge < -0.3 is 14.8 Å². The molecule has 0 atom stereocenters. The fourth-order valence-electron chi connectivity index (χ4n) is 1.54. The fraction of sp³-hybridized carbons (Fsp3) is 0.100. The van der Waals surface area contributed by atoms with Crippen LogP contribution in [0.15, 0.2) is 39.3 Å². The predicted octanol–water partition coefficient (Wildman–Crippen LogP) is 1.91. The van der Waals surface area contributed by atoms with Gasteiger partial charge in [0.25, 0.3) is 0 Å². The molecule has 16 heavy (non-hydrogen) atoms. The van der Waals surface area contributed by atoms with Crippen molar-refractivity contribution in [2.75, 3.05) is 5.32 Å². The lowest BCUT2D eigenvalue weighted by atomic mass is 10.3. The van der Waals surface area contributed by atoms with E-state index < -0.39 is 0 Å². The van der Waals surface area contributed by atoms with Gasteiger partial charge in [0.1, 0.15) is 12.1 Å². The van der Waals surface area contributed by atoms with E-state index in [1.807, 2.05) is 6.07 Å². The van der Waals surface area contributed by atoms with E-state index in [1.54, 1.807) is 18.7 Å². The van der Waals surface area contributed by atoms with E-state index in [0.717, 1.165) is 11.1 Å². The lowest BCUT2D eigenvalue weighted by Crippen LogP contribution is -2.11. The van der Waals surface area contributed by atoms with E-state index in [9.17, 15) is 0 Å². The summed E-state index contributed by atoms with van der Waals surface area (Å²) in [5.41, 5.74) is 1.50. The minimum atomic E-state index is 0.0111. The van der Waals surface area contributed by atoms with Crippen LogP contribution in [0.3, 0.4) is 0 Å². The van der Waals surface area contributed by atoms with Gasteiger partial charge in [-0.3, -0.25) is 4.98 Å². The van der Waals surface area contributed by atoms with Crippen LogP contribution < -0.4 is 5.32 Å². The van der Waals surface area contributed by atoms with Gasteiger partial charge in [-0.15, -0.1) is 10.2 Å². The molecule has 2 aromatic rings. The van der Waals surface area contributed by atoms with Crippen molar-refractivity contribution in [3.05, 3.63) is 24.7 Å². The first kappa shape index (κ1) is 8.90. The van der Waals surface area contributed by atoms with Crippen LogP contribution in [0.1, 0.15) is 6.42 Å². The lowest BCUT2D eigenvalue weighted by Gasteiger charge is -2.00. The third-order valence-corrected chi connectivity index (χ3v) is 2.27. The maximum absolute atomic E-state index is 9.10. The van der Waals surface area contributed by atoms with Gasteiger partial charge in [0.2, 0.25) is 5.90 Å². The van der Waals surface area contributed by atoms with Crippen molar-refractivity contribution < 1.29 is 9.52 Å². The molecule has 0 spiro atoms. The Hall–Kier alpha value is -2.37. The highest BCUT2D eigenvalue weighted by Gasteiger charge is 2.13. The summed E-state index contributed by atoms with van der Waals surface area (Å²) in [5.74, 6) is 0.606. The Labute approximate surface area is 90.3 Å². The molecule has 6 heteroatoms. The zero-order valence-electron chi connectivity index (χ0n) is 8.21. The van der Waals surface area contributed by atoms with Crippen LogP contribution in [0.4, 0.5) is 5.69 Å². The molecule has 2 N–H and O–H groups in total. The van der Waals surface area contributed by atoms with Crippen molar-refractivity contribution in [1.82, 2.24) is 4.98 Å². The number of hydrogen-bond donors (Lipinski definition) is 2. The number of nitrogens with zero attached hydrogens (tertiary/aromatic N) is 3. The molecule has 0 fully saturated rings. The zero-order valence-corrected chi connectivity index (χ0v) is 8.21. The molecule has 0 saturated carbocycles. The third-order valence-electron chi connectivity index (χ3n) is 2.27. The Morgan fingerprint density at radius 2 is 2.31 bits per heavy atom. The van der Waals surface area contributed by atoms with E-state index in [-0.39, 0.29) is 5.90 Å². The molecule has 1 aliphatic heterocycles. The second-order valence-electron chi connectivity index (χ2n) is 3.39. The van der Waals surface area contributed by atoms with Crippen LogP contribution in [0.5, 0.6) is 0 Å². The van der Waals surface area contributed by atoms with Gasteiger partial charge in [-0.1, -0.05) is 0 Å². The van der Waals surface area contributed by atoms with Crippen LogP contribution in [0.2, 0.25) is 0 Å². The SMILES string of the molecule is OC1=NN=C(Nc2coc3cnccc23)C1. The van der Waals surface area contributed by atoms with Crippen LogP contribution >= 0.6 is 0 Å². The molecule has 3 rings (SSSR count). The van der Waals surface area contributed by atoms with Crippen molar-refractivity contribution >= 4 is 28.4 Å². The maximum atomic E-state index is 9.10. The first-order chi connectivity index (χ1) is 7.83. The largest absolute Gasteiger partial charge is 0.495 e. The number of furan rings is 1. The lowest BCUT2D eigenvalue weighted by molar-refractivity contribution is 0.543. The molecule has 0 saturated heterocycles. The molecule has 0 aliphatic carbocycles. The molecular weight excluding hydrogens is 208 g/mol. The van der Waals surface area contributed by atoms with Crippen LogP contribution in [-0.2, 0) is 0 Å². The molecule has 80 valence electrons. The Morgan fingerprint density at radius 3 is 3.12 bits per heavy atom. The molecule has 0 bridgehead atoms. The van der Waals surface area contributed by atoms with Gasteiger partial charge >= 0.3 is 0 Å². The average Bonchev–Trinajstić information content (AvgIpc) is 2.87. The number of aromatic nitrogens is 1. The minimum absolute atomic E-state index is 0.0111. The van der Waals surface area contributed by atoms with Gasteiger partial charge in [0.15, 0.2) is 5.58 Å². The molecule has 6 nitrogen and oxygen atoms in total. The fourth-order valence-corrected chi connectivity index (χ4v) is 1.54. The first-order valence-corrected chi connectivity index (χ1v) is 4.73. The van der Waals surface area contributed by atoms with Gasteiger partial charge in [-0.05, 0) is 6.07 Å². The topological polar surface area (TPSA) is 83.0 Å². The molecule has 3 heterocycles. The van der Waals surface area contributed by atoms with Crippen molar-refractivity contribution in [2.24, 2.45) is 10.2 Å². The zero-order chi connectivity index (χ0) is 11.0. The highest BCUT2D eigenvalue weighted by atomic mass is 16.3. The summed E-state index contributed by atoms with van der Waals surface area (Å²) < 4.78 is 5.31. The molecule has 0 unspecified atom stereocenters. The standard InChI is InChI=1S/C10H8N4O2/c15-10-3-9(13-14-10)12-7-5-16-8-4-11-2-1-6(7)8/h1-2,4-5H,3H2,(H,12,13)(H,14,15). The maximum Gasteiger partial charge on any atom is 0.213 e. The Morgan fingerprint density at radius 1 is 1.38 bits per heavy atom. The van der Waals surface area contributed by atoms with Gasteiger partial charge in [0, 0.05) is 11.6 Å². The number of amidine groups is 1. The van der Waals surface area contributed by atoms with Gasteiger partial charge in [-0.2, -0.15) is 0 Å². The number of nitrogens with one attached hydrogen (secondary N) is 1. The van der Waals surface area contributed by atoms with Gasteiger partial charge in [-0.25, -0.2) is 0 Å². The van der Waals surface area contributed by atoms with E-state index in [4.69, 9.17) is 9.52 Å². The molecule has 2 aromatic heterocycles. The van der Waals surface area contributed by atoms with Crippen LogP contribution in [-0.4, -0.2) is 21.8 Å². The van der Waals surface area contributed by atoms with E-state index in [1.165, 1.54) is 0 Å². The van der Waals surface area contributed by atoms with Crippen LogP contribution in [0, 0.1) is 0 Å². The van der Waals surface area contributed by atoms with E-state index >= 15 is 0 Å². The Kier molecular flexibility index (Phi) is 1.86. The molecule has 0 amide bonds. The van der Waals surface area contributed by atoms with Crippen molar-refractivity contribution in [3.8, 4) is 0 Å². The molecule has 0 radical (unpaired) electrons. The average molecular weight is 216 g/mol. The third kappa shape index (κ3) is 1.40. The van der Waals surface area contributed by atoms with Crippen molar-refractivity contribution in [3.63, 3.8) is 0 Å². The summed E-state index contributed by atoms with van der Waals surface area (Å²) in [6.45, 7) is 0. The quantitative estimate of drug-likeness (QED) is 0.762. The summed E-state index contributed by atoms with van der Waals surface area (Å²) in [6.07, 6.45) is 5.24. The summed E-state index contributed by atoms with van der Waals surface area (Å²) in [7, 11) is 0. The van der Waals surface area contributed by atoms with Gasteiger partial charge in [0.05, 0.1) is 18.3 Å². The number of rotatable bonds is 1. The monoisotopic (exact) mass is 216 g/mol. The van der Waals surface area contributed by atoms with Crippen molar-refractivity contribution in [2.45, 2.75) is 6.42 Å². The number of fused-ring (bicyclic) bond motifs is 1. The molecular formula is C10H8N4O2. The van der Waals surface area contributed by atoms with E-state index in [0.29, 0.717) is 17.8 Å². The first-order valence-electron chi connectivity index (χ1n) is 4.73. The second kappa shape index (κ2) is 3.34. The highest BCUT2D eigenvalue weighted by molar-refractivity contribution is 6.11. The number of anilines is 1. The van der Waals surface area contributed by atoms with E-state index in [2.05, 4.69) is 20.5 Å². The highest BCUT2D eigenvalue weighted by Crippen LogP contribution is 2.25. The molecule has 0 aromatic carbocycles. The van der Waals surface area contributed by atoms with Crippen LogP contribution in [0.25, 0.3) is 11.0 Å². The normalized spacial score (nSPS) is 15.0. The smallest absolute Gasteiger partial charge is 0.213 e. The predicted molar refractivity (Wildman–Crippen MR) is 59.7 cm³/mol. The van der Waals surface area contributed by atoms with Crippen molar-refractivity contribution in [1.29, 1.82) is 0 Å². The Bertz CT molecular complexity index is 600. The molecule has 1 aliphatic rings.